The van der Waals surface area contributed by atoms with E-state index in [4.69, 9.17) is 4.74 Å². The van der Waals surface area contributed by atoms with Crippen LogP contribution >= 0.6 is 0 Å². The second-order valence-electron chi connectivity index (χ2n) is 6.72. The molecule has 120 valence electrons. The Balaban J connectivity index is 1.68. The van der Waals surface area contributed by atoms with Crippen molar-refractivity contribution >= 4 is 16.0 Å². The summed E-state index contributed by atoms with van der Waals surface area (Å²) in [5.41, 5.74) is 0. The van der Waals surface area contributed by atoms with Gasteiger partial charge in [-0.3, -0.25) is 0 Å². The number of hydrogen-bond donors (Lipinski definition) is 1. The number of amidine groups is 1. The van der Waals surface area contributed by atoms with Gasteiger partial charge in [0, 0.05) is 6.04 Å². The average molecular weight is 314 g/mol. The van der Waals surface area contributed by atoms with Crippen molar-refractivity contribution in [2.45, 2.75) is 82.1 Å². The lowest BCUT2D eigenvalue weighted by Crippen LogP contribution is -2.49. The van der Waals surface area contributed by atoms with Crippen molar-refractivity contribution in [2.75, 3.05) is 0 Å². The van der Waals surface area contributed by atoms with Crippen LogP contribution in [0.15, 0.2) is 4.40 Å². The lowest BCUT2D eigenvalue weighted by molar-refractivity contribution is 0.129. The van der Waals surface area contributed by atoms with Crippen LogP contribution in [0.3, 0.4) is 0 Å². The molecule has 3 aliphatic rings. The largest absolute Gasteiger partial charge is 0.460 e. The van der Waals surface area contributed by atoms with Gasteiger partial charge in [-0.1, -0.05) is 25.7 Å². The minimum Gasteiger partial charge on any atom is -0.460 e. The Morgan fingerprint density at radius 2 is 1.76 bits per heavy atom. The molecule has 2 fully saturated rings. The van der Waals surface area contributed by atoms with E-state index in [9.17, 15) is 8.42 Å². The summed E-state index contributed by atoms with van der Waals surface area (Å²) < 4.78 is 34.3. The van der Waals surface area contributed by atoms with Crippen molar-refractivity contribution in [2.24, 2.45) is 10.3 Å². The van der Waals surface area contributed by atoms with Crippen LogP contribution in [0.5, 0.6) is 0 Å². The molecular weight excluding hydrogens is 288 g/mol. The molecule has 1 heterocycles. The molecule has 6 heteroatoms. The summed E-state index contributed by atoms with van der Waals surface area (Å²) in [4.78, 5) is 0. The number of ether oxygens (including phenoxy) is 1. The molecule has 0 saturated heterocycles. The van der Waals surface area contributed by atoms with Crippen LogP contribution in [-0.2, 0) is 14.8 Å². The number of fused-ring (bicyclic) bond motifs is 1. The molecular formula is C15H26N2O3S. The Morgan fingerprint density at radius 1 is 1.10 bits per heavy atom. The van der Waals surface area contributed by atoms with Gasteiger partial charge in [-0.15, -0.1) is 4.40 Å². The number of rotatable bonds is 2. The normalized spacial score (nSPS) is 34.2. The first-order valence-electron chi connectivity index (χ1n) is 8.33. The smallest absolute Gasteiger partial charge is 0.301 e. The monoisotopic (exact) mass is 314 g/mol. The first-order valence-corrected chi connectivity index (χ1v) is 9.83. The Hall–Kier alpha value is -0.780. The van der Waals surface area contributed by atoms with Gasteiger partial charge in [-0.2, -0.15) is 0 Å². The molecule has 0 aromatic carbocycles. The van der Waals surface area contributed by atoms with E-state index in [1.807, 2.05) is 0 Å². The molecule has 2 saturated carbocycles. The molecule has 1 aliphatic heterocycles. The van der Waals surface area contributed by atoms with Gasteiger partial charge in [0.25, 0.3) is 10.0 Å². The zero-order valence-electron chi connectivity index (χ0n) is 12.8. The number of sulfonamides is 1. The Bertz CT molecular complexity index is 497. The predicted molar refractivity (Wildman–Crippen MR) is 82.7 cm³/mol. The van der Waals surface area contributed by atoms with Gasteiger partial charge in [0.1, 0.15) is 11.4 Å². The molecule has 0 radical (unpaired) electrons. The molecule has 0 aromatic rings. The number of hydrogen-bond acceptors (Lipinski definition) is 4. The lowest BCUT2D eigenvalue weighted by atomic mass is 9.85. The van der Waals surface area contributed by atoms with E-state index in [0.29, 0.717) is 12.3 Å². The molecule has 0 amide bonds. The Labute approximate surface area is 127 Å². The molecule has 0 bridgehead atoms. The van der Waals surface area contributed by atoms with Gasteiger partial charge in [0.15, 0.2) is 0 Å². The van der Waals surface area contributed by atoms with E-state index in [1.54, 1.807) is 0 Å². The fourth-order valence-electron chi connectivity index (χ4n) is 3.89. The molecule has 1 N–H and O–H groups in total. The van der Waals surface area contributed by atoms with Crippen molar-refractivity contribution in [1.29, 1.82) is 0 Å². The maximum Gasteiger partial charge on any atom is 0.301 e. The number of nitrogens with zero attached hydrogens (tertiary/aromatic N) is 1. The second kappa shape index (κ2) is 6.15. The van der Waals surface area contributed by atoms with E-state index in [-0.39, 0.29) is 18.2 Å². The van der Waals surface area contributed by atoms with Crippen molar-refractivity contribution in [3.8, 4) is 0 Å². The highest BCUT2D eigenvalue weighted by Crippen LogP contribution is 2.31. The Kier molecular flexibility index (Phi) is 4.43. The third kappa shape index (κ3) is 3.35. The average Bonchev–Trinajstić information content (AvgIpc) is 2.47. The van der Waals surface area contributed by atoms with Crippen LogP contribution < -0.4 is 5.32 Å². The van der Waals surface area contributed by atoms with Gasteiger partial charge in [-0.25, -0.2) is 8.42 Å². The predicted octanol–water partition coefficient (Wildman–Crippen LogP) is 2.57. The summed E-state index contributed by atoms with van der Waals surface area (Å²) in [7, 11) is -3.41. The molecule has 0 aromatic heterocycles. The standard InChI is InChI=1S/C15H26N2O3S/c1-11(12-7-3-2-4-8-12)16-15-17-21(18,19)14-10-6-5-9-13(14)20-15/h11-14H,2-10H2,1H3,(H,16,17)/t11-,13?,14?/m1/s1. The zero-order valence-corrected chi connectivity index (χ0v) is 13.6. The van der Waals surface area contributed by atoms with E-state index in [2.05, 4.69) is 16.6 Å². The van der Waals surface area contributed by atoms with Crippen LogP contribution in [0.25, 0.3) is 0 Å². The van der Waals surface area contributed by atoms with Crippen LogP contribution in [-0.4, -0.2) is 31.8 Å². The van der Waals surface area contributed by atoms with Crippen LogP contribution in [0.4, 0.5) is 0 Å². The van der Waals surface area contributed by atoms with Gasteiger partial charge in [0.2, 0.25) is 0 Å². The molecule has 3 atom stereocenters. The molecule has 2 aliphatic carbocycles. The molecule has 21 heavy (non-hydrogen) atoms. The van der Waals surface area contributed by atoms with Crippen molar-refractivity contribution in [3.63, 3.8) is 0 Å². The topological polar surface area (TPSA) is 67.8 Å². The highest BCUT2D eigenvalue weighted by molar-refractivity contribution is 7.91. The summed E-state index contributed by atoms with van der Waals surface area (Å²) in [6.07, 6.45) is 9.58. The summed E-state index contributed by atoms with van der Waals surface area (Å²) in [5.74, 6) is 0.594. The van der Waals surface area contributed by atoms with Gasteiger partial charge in [0.05, 0.1) is 0 Å². The first kappa shape index (κ1) is 15.1. The number of nitrogens with one attached hydrogen (secondary N) is 1. The summed E-state index contributed by atoms with van der Waals surface area (Å²) in [6, 6.07) is 0.454. The summed E-state index contributed by atoms with van der Waals surface area (Å²) in [5, 5.41) is 2.80. The van der Waals surface area contributed by atoms with E-state index < -0.39 is 15.3 Å². The second-order valence-corrected chi connectivity index (χ2v) is 8.54. The van der Waals surface area contributed by atoms with Gasteiger partial charge in [-0.05, 0) is 44.9 Å². The minimum absolute atomic E-state index is 0.206. The third-order valence-electron chi connectivity index (χ3n) is 5.21. The van der Waals surface area contributed by atoms with E-state index in [1.165, 1.54) is 32.1 Å². The van der Waals surface area contributed by atoms with Crippen molar-refractivity contribution in [1.82, 2.24) is 5.32 Å². The van der Waals surface area contributed by atoms with Crippen LogP contribution in [0.1, 0.15) is 64.7 Å². The third-order valence-corrected chi connectivity index (χ3v) is 6.93. The van der Waals surface area contributed by atoms with Crippen molar-refractivity contribution < 1.29 is 13.2 Å². The summed E-state index contributed by atoms with van der Waals surface area (Å²) in [6.45, 7) is 2.11. The van der Waals surface area contributed by atoms with Gasteiger partial charge >= 0.3 is 6.02 Å². The fraction of sp³-hybridized carbons (Fsp3) is 0.933. The summed E-state index contributed by atoms with van der Waals surface area (Å²) >= 11 is 0. The maximum absolute atomic E-state index is 12.3. The fourth-order valence-corrected chi connectivity index (χ4v) is 5.40. The highest BCUT2D eigenvalue weighted by atomic mass is 32.2. The molecule has 2 unspecified atom stereocenters. The maximum atomic E-state index is 12.3. The van der Waals surface area contributed by atoms with E-state index in [0.717, 1.165) is 19.3 Å². The SMILES string of the molecule is C[C@@H](NC1=NS(=O)(=O)C2CCCCC2O1)C1CCCCC1. The molecule has 5 nitrogen and oxygen atoms in total. The Morgan fingerprint density at radius 3 is 2.52 bits per heavy atom. The minimum atomic E-state index is -3.41. The first-order chi connectivity index (χ1) is 10.1. The highest BCUT2D eigenvalue weighted by Gasteiger charge is 2.41. The van der Waals surface area contributed by atoms with Crippen LogP contribution in [0.2, 0.25) is 0 Å². The zero-order chi connectivity index (χ0) is 14.9. The van der Waals surface area contributed by atoms with Crippen molar-refractivity contribution in [3.05, 3.63) is 0 Å². The quantitative estimate of drug-likeness (QED) is 0.850. The molecule has 3 rings (SSSR count). The lowest BCUT2D eigenvalue weighted by Gasteiger charge is -2.36. The van der Waals surface area contributed by atoms with Crippen LogP contribution in [0, 0.1) is 5.92 Å². The molecule has 0 spiro atoms. The van der Waals surface area contributed by atoms with Gasteiger partial charge < -0.3 is 10.1 Å². The van der Waals surface area contributed by atoms with E-state index >= 15 is 0 Å².